The van der Waals surface area contributed by atoms with E-state index >= 15 is 0 Å². The summed E-state index contributed by atoms with van der Waals surface area (Å²) in [6, 6.07) is 0. The quantitative estimate of drug-likeness (QED) is 0.600. The van der Waals surface area contributed by atoms with E-state index in [2.05, 4.69) is 24.1 Å². The lowest BCUT2D eigenvalue weighted by molar-refractivity contribution is 0.326. The van der Waals surface area contributed by atoms with Crippen LogP contribution in [0.3, 0.4) is 0 Å². The summed E-state index contributed by atoms with van der Waals surface area (Å²) in [6.45, 7) is 2.22. The van der Waals surface area contributed by atoms with Gasteiger partial charge in [0.1, 0.15) is 0 Å². The number of nitrogens with zero attached hydrogens (tertiary/aromatic N) is 1. The predicted molar refractivity (Wildman–Crippen MR) is 46.3 cm³/mol. The van der Waals surface area contributed by atoms with Gasteiger partial charge in [-0.3, -0.25) is 5.01 Å². The van der Waals surface area contributed by atoms with E-state index in [4.69, 9.17) is 0 Å². The highest BCUT2D eigenvalue weighted by atomic mass is 15.7. The Morgan fingerprint density at radius 2 is 2.27 bits per heavy atom. The van der Waals surface area contributed by atoms with E-state index in [1.54, 1.807) is 0 Å². The van der Waals surface area contributed by atoms with Gasteiger partial charge in [-0.2, -0.15) is 0 Å². The summed E-state index contributed by atoms with van der Waals surface area (Å²) in [4.78, 5) is 0. The summed E-state index contributed by atoms with van der Waals surface area (Å²) in [5.74, 6) is 0. The number of unbranched alkanes of at least 4 members (excludes halogenated alkanes) is 2. The minimum absolute atomic E-state index is 1.16. The first-order valence-corrected chi connectivity index (χ1v) is 4.28. The molecule has 0 fully saturated rings. The zero-order valence-electron chi connectivity index (χ0n) is 7.35. The molecule has 0 spiro atoms. The van der Waals surface area contributed by atoms with Gasteiger partial charge in [-0.05, 0) is 12.8 Å². The summed E-state index contributed by atoms with van der Waals surface area (Å²) in [5, 5.41) is 1.93. The molecule has 1 heterocycles. The standard InChI is InChI=1S/C8H17N3/c1-3-4-5-6-8-7-11(2)10-9-8/h7,9-10H,3-6H2,1-2H3. The molecule has 64 valence electrons. The van der Waals surface area contributed by atoms with E-state index in [9.17, 15) is 0 Å². The molecule has 3 heteroatoms. The minimum atomic E-state index is 1.16. The Labute approximate surface area is 68.4 Å². The molecule has 0 saturated heterocycles. The molecule has 0 aliphatic carbocycles. The van der Waals surface area contributed by atoms with E-state index in [0.717, 1.165) is 6.42 Å². The van der Waals surface area contributed by atoms with Gasteiger partial charge >= 0.3 is 0 Å². The molecule has 0 aromatic carbocycles. The molecule has 0 atom stereocenters. The summed E-state index contributed by atoms with van der Waals surface area (Å²) in [6.07, 6.45) is 7.14. The van der Waals surface area contributed by atoms with E-state index in [1.807, 2.05) is 12.1 Å². The Balaban J connectivity index is 2.12. The van der Waals surface area contributed by atoms with Crippen LogP contribution >= 0.6 is 0 Å². The number of hydrazine groups is 2. The molecule has 3 nitrogen and oxygen atoms in total. The summed E-state index contributed by atoms with van der Waals surface area (Å²) in [5.41, 5.74) is 7.38. The smallest absolute Gasteiger partial charge is 0.0453 e. The van der Waals surface area contributed by atoms with E-state index in [0.29, 0.717) is 0 Å². The Kier molecular flexibility index (Phi) is 3.23. The van der Waals surface area contributed by atoms with Crippen molar-refractivity contribution in [2.45, 2.75) is 32.6 Å². The average molecular weight is 155 g/mol. The lowest BCUT2D eigenvalue weighted by atomic mass is 10.2. The summed E-state index contributed by atoms with van der Waals surface area (Å²) < 4.78 is 0. The Morgan fingerprint density at radius 3 is 2.82 bits per heavy atom. The monoisotopic (exact) mass is 155 g/mol. The maximum atomic E-state index is 3.10. The van der Waals surface area contributed by atoms with Gasteiger partial charge in [0.2, 0.25) is 0 Å². The van der Waals surface area contributed by atoms with Crippen molar-refractivity contribution in [3.8, 4) is 0 Å². The zero-order valence-corrected chi connectivity index (χ0v) is 7.35. The molecule has 0 aromatic rings. The highest BCUT2D eigenvalue weighted by Crippen LogP contribution is 2.08. The molecular formula is C8H17N3. The van der Waals surface area contributed by atoms with Crippen LogP contribution in [0.25, 0.3) is 0 Å². The van der Waals surface area contributed by atoms with Crippen molar-refractivity contribution in [1.29, 1.82) is 0 Å². The maximum absolute atomic E-state index is 3.10. The van der Waals surface area contributed by atoms with Crippen LogP contribution in [0, 0.1) is 0 Å². The lowest BCUT2D eigenvalue weighted by Crippen LogP contribution is -2.33. The number of nitrogens with one attached hydrogen (secondary N) is 2. The molecule has 2 N–H and O–H groups in total. The van der Waals surface area contributed by atoms with Gasteiger partial charge in [-0.15, -0.1) is 5.53 Å². The maximum Gasteiger partial charge on any atom is 0.0453 e. The van der Waals surface area contributed by atoms with Crippen molar-refractivity contribution in [2.75, 3.05) is 7.05 Å². The fraction of sp³-hybridized carbons (Fsp3) is 0.750. The molecule has 0 bridgehead atoms. The van der Waals surface area contributed by atoms with E-state index in [-0.39, 0.29) is 0 Å². The van der Waals surface area contributed by atoms with Crippen molar-refractivity contribution in [2.24, 2.45) is 0 Å². The van der Waals surface area contributed by atoms with Crippen LogP contribution in [0.2, 0.25) is 0 Å². The second-order valence-electron chi connectivity index (χ2n) is 2.96. The van der Waals surface area contributed by atoms with Gasteiger partial charge in [0.15, 0.2) is 0 Å². The first kappa shape index (κ1) is 8.40. The van der Waals surface area contributed by atoms with Gasteiger partial charge < -0.3 is 5.43 Å². The predicted octanol–water partition coefficient (Wildman–Crippen LogP) is 1.36. The third-order valence-corrected chi connectivity index (χ3v) is 1.79. The van der Waals surface area contributed by atoms with Gasteiger partial charge in [0.05, 0.1) is 0 Å². The van der Waals surface area contributed by atoms with E-state index < -0.39 is 0 Å². The average Bonchev–Trinajstić information content (AvgIpc) is 2.37. The molecule has 0 radical (unpaired) electrons. The van der Waals surface area contributed by atoms with Crippen molar-refractivity contribution in [3.05, 3.63) is 11.9 Å². The molecule has 1 aliphatic rings. The van der Waals surface area contributed by atoms with Crippen molar-refractivity contribution < 1.29 is 0 Å². The summed E-state index contributed by atoms with van der Waals surface area (Å²) in [7, 11) is 1.99. The number of rotatable bonds is 4. The minimum Gasteiger partial charge on any atom is -0.306 e. The Morgan fingerprint density at radius 1 is 1.45 bits per heavy atom. The van der Waals surface area contributed by atoms with Crippen LogP contribution in [-0.4, -0.2) is 12.1 Å². The van der Waals surface area contributed by atoms with Gasteiger partial charge in [0.25, 0.3) is 0 Å². The molecule has 0 unspecified atom stereocenters. The van der Waals surface area contributed by atoms with Crippen LogP contribution in [-0.2, 0) is 0 Å². The van der Waals surface area contributed by atoms with Crippen LogP contribution in [0.1, 0.15) is 32.6 Å². The normalized spacial score (nSPS) is 16.5. The van der Waals surface area contributed by atoms with Crippen LogP contribution in [0.5, 0.6) is 0 Å². The molecule has 1 aliphatic heterocycles. The van der Waals surface area contributed by atoms with Gasteiger partial charge in [0, 0.05) is 18.9 Å². The molecule has 0 amide bonds. The Bertz CT molecular complexity index is 142. The largest absolute Gasteiger partial charge is 0.306 e. The fourth-order valence-electron chi connectivity index (χ4n) is 1.15. The lowest BCUT2D eigenvalue weighted by Gasteiger charge is -2.05. The highest BCUT2D eigenvalue weighted by molar-refractivity contribution is 5.00. The second-order valence-corrected chi connectivity index (χ2v) is 2.96. The van der Waals surface area contributed by atoms with Crippen LogP contribution in [0.4, 0.5) is 0 Å². The number of hydrogen-bond donors (Lipinski definition) is 2. The van der Waals surface area contributed by atoms with Crippen molar-refractivity contribution in [1.82, 2.24) is 16.0 Å². The summed E-state index contributed by atoms with van der Waals surface area (Å²) >= 11 is 0. The first-order chi connectivity index (χ1) is 5.33. The SMILES string of the molecule is CCCCCC1=CN(C)NN1. The highest BCUT2D eigenvalue weighted by Gasteiger charge is 2.04. The van der Waals surface area contributed by atoms with E-state index in [1.165, 1.54) is 25.0 Å². The van der Waals surface area contributed by atoms with Gasteiger partial charge in [-0.1, -0.05) is 19.8 Å². The molecule has 1 rings (SSSR count). The number of allylic oxidation sites excluding steroid dienone is 1. The zero-order chi connectivity index (χ0) is 8.10. The number of hydrogen-bond acceptors (Lipinski definition) is 3. The molecule has 0 aromatic heterocycles. The molecule has 11 heavy (non-hydrogen) atoms. The topological polar surface area (TPSA) is 27.3 Å². The van der Waals surface area contributed by atoms with Crippen LogP contribution < -0.4 is 11.0 Å². The Hall–Kier alpha value is -0.700. The van der Waals surface area contributed by atoms with Crippen molar-refractivity contribution >= 4 is 0 Å². The third-order valence-electron chi connectivity index (χ3n) is 1.79. The third kappa shape index (κ3) is 2.80. The van der Waals surface area contributed by atoms with Crippen molar-refractivity contribution in [3.63, 3.8) is 0 Å². The molecule has 0 saturated carbocycles. The van der Waals surface area contributed by atoms with Gasteiger partial charge in [-0.25, -0.2) is 0 Å². The van der Waals surface area contributed by atoms with Crippen LogP contribution in [0.15, 0.2) is 11.9 Å². The molecular weight excluding hydrogens is 138 g/mol. The fourth-order valence-corrected chi connectivity index (χ4v) is 1.15. The first-order valence-electron chi connectivity index (χ1n) is 4.28. The second kappa shape index (κ2) is 4.23.